The molecular formula is C51H34. The van der Waals surface area contributed by atoms with Gasteiger partial charge in [-0.25, -0.2) is 0 Å². The van der Waals surface area contributed by atoms with Crippen molar-refractivity contribution in [1.29, 1.82) is 0 Å². The minimum atomic E-state index is -0.116. The smallest absolute Gasteiger partial charge is 0.0159 e. The first-order valence-corrected chi connectivity index (χ1v) is 18.0. The summed E-state index contributed by atoms with van der Waals surface area (Å²) in [5.74, 6) is 0. The Balaban J connectivity index is 0.981. The molecule has 0 heteroatoms. The molecule has 0 spiro atoms. The lowest BCUT2D eigenvalue weighted by Gasteiger charge is -2.23. The van der Waals surface area contributed by atoms with Crippen molar-refractivity contribution in [1.82, 2.24) is 0 Å². The monoisotopic (exact) mass is 646 g/mol. The summed E-state index contributed by atoms with van der Waals surface area (Å²) in [4.78, 5) is 0. The van der Waals surface area contributed by atoms with Crippen LogP contribution in [0.2, 0.25) is 0 Å². The molecule has 0 atom stereocenters. The van der Waals surface area contributed by atoms with Crippen molar-refractivity contribution in [2.75, 3.05) is 0 Å². The van der Waals surface area contributed by atoms with Crippen molar-refractivity contribution < 1.29 is 0 Å². The van der Waals surface area contributed by atoms with Crippen molar-refractivity contribution in [2.24, 2.45) is 0 Å². The molecule has 51 heavy (non-hydrogen) atoms. The van der Waals surface area contributed by atoms with E-state index in [0.29, 0.717) is 0 Å². The van der Waals surface area contributed by atoms with E-state index in [1.54, 1.807) is 0 Å². The third kappa shape index (κ3) is 4.27. The molecule has 11 rings (SSSR count). The van der Waals surface area contributed by atoms with E-state index in [-0.39, 0.29) is 5.41 Å². The van der Waals surface area contributed by atoms with E-state index in [4.69, 9.17) is 0 Å². The largest absolute Gasteiger partial charge is 0.0616 e. The average Bonchev–Trinajstić information content (AvgIpc) is 3.40. The lowest BCUT2D eigenvalue weighted by atomic mass is 9.80. The maximum absolute atomic E-state index is 2.44. The summed E-state index contributed by atoms with van der Waals surface area (Å²) in [6, 6.07) is 63.9. The molecule has 10 aromatic rings. The Bertz CT molecular complexity index is 2890. The molecule has 0 bridgehead atoms. The molecule has 0 aromatic heterocycles. The predicted molar refractivity (Wildman–Crippen MR) is 220 cm³/mol. The summed E-state index contributed by atoms with van der Waals surface area (Å²) in [6.07, 6.45) is 0. The minimum Gasteiger partial charge on any atom is -0.0616 e. The first-order chi connectivity index (χ1) is 25.0. The molecule has 0 aliphatic heterocycles. The van der Waals surface area contributed by atoms with Crippen LogP contribution in [0.4, 0.5) is 0 Å². The molecule has 10 aromatic carbocycles. The Kier molecular flexibility index (Phi) is 5.82. The molecular weight excluding hydrogens is 613 g/mol. The van der Waals surface area contributed by atoms with E-state index in [1.807, 2.05) is 0 Å². The van der Waals surface area contributed by atoms with E-state index in [1.165, 1.54) is 109 Å². The SMILES string of the molecule is CC1(C)c2cc(-c3ccc4cc5ccc6ccccc6c5cc4c3)ccc2-c2ccc(-c3ccc4cc5ccc6ccccc6c5cc4c3)cc21. The summed E-state index contributed by atoms with van der Waals surface area (Å²) in [6.45, 7) is 4.78. The predicted octanol–water partition coefficient (Wildman–Crippen LogP) is 14.2. The molecule has 0 heterocycles. The molecule has 0 N–H and O–H groups in total. The van der Waals surface area contributed by atoms with Crippen molar-refractivity contribution in [3.8, 4) is 33.4 Å². The van der Waals surface area contributed by atoms with Gasteiger partial charge in [0.25, 0.3) is 0 Å². The first-order valence-electron chi connectivity index (χ1n) is 18.0. The fourth-order valence-electron chi connectivity index (χ4n) is 8.96. The fourth-order valence-corrected chi connectivity index (χ4v) is 8.96. The van der Waals surface area contributed by atoms with E-state index < -0.39 is 0 Å². The first kappa shape index (κ1) is 28.6. The van der Waals surface area contributed by atoms with Gasteiger partial charge in [-0.15, -0.1) is 0 Å². The standard InChI is InChI=1S/C51H34/c1-51(2)49-29-37(33-13-15-35-23-39-17-11-31-7-3-5-9-43(31)47(39)27-41(35)25-33)19-21-45(49)46-22-20-38(30-50(46)51)34-14-16-36-24-40-18-12-32-8-4-6-10-44(32)48(40)28-42(36)26-34/h3-30H,1-2H3. The second-order valence-electron chi connectivity index (χ2n) is 15.0. The summed E-state index contributed by atoms with van der Waals surface area (Å²) >= 11 is 0. The quantitative estimate of drug-likeness (QED) is 0.129. The molecule has 0 radical (unpaired) electrons. The molecule has 1 aliphatic rings. The van der Waals surface area contributed by atoms with Crippen LogP contribution in [0, 0.1) is 0 Å². The number of hydrogen-bond acceptors (Lipinski definition) is 0. The second kappa shape index (κ2) is 10.4. The van der Waals surface area contributed by atoms with Crippen LogP contribution in [0.25, 0.3) is 98.0 Å². The summed E-state index contributed by atoms with van der Waals surface area (Å²) < 4.78 is 0. The molecule has 0 nitrogen and oxygen atoms in total. The number of rotatable bonds is 2. The normalized spacial score (nSPS) is 13.5. The van der Waals surface area contributed by atoms with E-state index in [9.17, 15) is 0 Å². The Labute approximate surface area is 297 Å². The van der Waals surface area contributed by atoms with Crippen LogP contribution in [-0.2, 0) is 5.41 Å². The molecule has 1 aliphatic carbocycles. The van der Waals surface area contributed by atoms with Gasteiger partial charge in [0.1, 0.15) is 0 Å². The molecule has 0 amide bonds. The summed E-state index contributed by atoms with van der Waals surface area (Å²) in [7, 11) is 0. The number of benzene rings is 10. The number of fused-ring (bicyclic) bond motifs is 11. The highest BCUT2D eigenvalue weighted by Crippen LogP contribution is 2.51. The van der Waals surface area contributed by atoms with Crippen LogP contribution in [0.5, 0.6) is 0 Å². The molecule has 0 unspecified atom stereocenters. The van der Waals surface area contributed by atoms with Gasteiger partial charge in [0, 0.05) is 5.41 Å². The number of hydrogen-bond donors (Lipinski definition) is 0. The highest BCUT2D eigenvalue weighted by atomic mass is 14.4. The van der Waals surface area contributed by atoms with E-state index in [0.717, 1.165) is 0 Å². The van der Waals surface area contributed by atoms with Crippen LogP contribution < -0.4 is 0 Å². The Hall–Kier alpha value is -6.24. The van der Waals surface area contributed by atoms with Crippen molar-refractivity contribution in [3.05, 3.63) is 181 Å². The zero-order valence-electron chi connectivity index (χ0n) is 28.7. The summed E-state index contributed by atoms with van der Waals surface area (Å²) in [5.41, 5.74) is 10.4. The maximum atomic E-state index is 2.44. The van der Waals surface area contributed by atoms with Gasteiger partial charge in [-0.1, -0.05) is 135 Å². The van der Waals surface area contributed by atoms with Gasteiger partial charge >= 0.3 is 0 Å². The van der Waals surface area contributed by atoms with Gasteiger partial charge < -0.3 is 0 Å². The van der Waals surface area contributed by atoms with Gasteiger partial charge in [-0.05, 0) is 158 Å². The highest BCUT2D eigenvalue weighted by molar-refractivity contribution is 6.13. The van der Waals surface area contributed by atoms with Crippen molar-refractivity contribution in [2.45, 2.75) is 19.3 Å². The van der Waals surface area contributed by atoms with Gasteiger partial charge in [0.2, 0.25) is 0 Å². The zero-order chi connectivity index (χ0) is 33.8. The minimum absolute atomic E-state index is 0.116. The molecule has 0 saturated carbocycles. The molecule has 238 valence electrons. The molecule has 0 saturated heterocycles. The van der Waals surface area contributed by atoms with Crippen molar-refractivity contribution in [3.63, 3.8) is 0 Å². The van der Waals surface area contributed by atoms with Gasteiger partial charge in [-0.3, -0.25) is 0 Å². The van der Waals surface area contributed by atoms with Crippen LogP contribution in [0.1, 0.15) is 25.0 Å². The Morgan fingerprint density at radius 1 is 0.275 bits per heavy atom. The van der Waals surface area contributed by atoms with E-state index in [2.05, 4.69) is 184 Å². The second-order valence-corrected chi connectivity index (χ2v) is 15.0. The third-order valence-electron chi connectivity index (χ3n) is 11.7. The topological polar surface area (TPSA) is 0 Å². The Morgan fingerprint density at radius 2 is 0.667 bits per heavy atom. The Morgan fingerprint density at radius 3 is 1.16 bits per heavy atom. The van der Waals surface area contributed by atoms with Crippen LogP contribution in [0.15, 0.2) is 170 Å². The van der Waals surface area contributed by atoms with Gasteiger partial charge in [0.15, 0.2) is 0 Å². The molecule has 0 fully saturated rings. The lowest BCUT2D eigenvalue weighted by Crippen LogP contribution is -2.15. The van der Waals surface area contributed by atoms with E-state index >= 15 is 0 Å². The van der Waals surface area contributed by atoms with Gasteiger partial charge in [0.05, 0.1) is 0 Å². The van der Waals surface area contributed by atoms with Crippen LogP contribution >= 0.6 is 0 Å². The maximum Gasteiger partial charge on any atom is 0.0159 e. The van der Waals surface area contributed by atoms with Gasteiger partial charge in [-0.2, -0.15) is 0 Å². The lowest BCUT2D eigenvalue weighted by molar-refractivity contribution is 0.661. The van der Waals surface area contributed by atoms with Crippen LogP contribution in [0.3, 0.4) is 0 Å². The highest BCUT2D eigenvalue weighted by Gasteiger charge is 2.36. The summed E-state index contributed by atoms with van der Waals surface area (Å²) in [5, 5.41) is 15.5. The van der Waals surface area contributed by atoms with Crippen LogP contribution in [-0.4, -0.2) is 0 Å². The average molecular weight is 647 g/mol. The fraction of sp³-hybridized carbons (Fsp3) is 0.0588. The van der Waals surface area contributed by atoms with Crippen molar-refractivity contribution >= 4 is 64.6 Å². The zero-order valence-corrected chi connectivity index (χ0v) is 28.7. The third-order valence-corrected chi connectivity index (χ3v) is 11.7.